The average Bonchev–Trinajstić information content (AvgIpc) is 2.87. The lowest BCUT2D eigenvalue weighted by atomic mass is 10.00. The molecule has 0 aromatic carbocycles. The van der Waals surface area contributed by atoms with Crippen molar-refractivity contribution in [2.75, 3.05) is 32.0 Å². The Morgan fingerprint density at radius 3 is 2.44 bits per heavy atom. The molecular formula is C13H22N4O. The summed E-state index contributed by atoms with van der Waals surface area (Å²) in [6, 6.07) is 1.26. The molecule has 0 radical (unpaired) electrons. The summed E-state index contributed by atoms with van der Waals surface area (Å²) in [5.74, 6) is 0. The van der Waals surface area contributed by atoms with E-state index in [9.17, 15) is 0 Å². The van der Waals surface area contributed by atoms with Gasteiger partial charge in [-0.05, 0) is 25.7 Å². The summed E-state index contributed by atoms with van der Waals surface area (Å²) in [6.07, 6.45) is 8.44. The van der Waals surface area contributed by atoms with Gasteiger partial charge in [-0.25, -0.2) is 0 Å². The third-order valence-corrected chi connectivity index (χ3v) is 4.20. The summed E-state index contributed by atoms with van der Waals surface area (Å²) in [6.45, 7) is 4.21. The highest BCUT2D eigenvalue weighted by Gasteiger charge is 2.27. The molecular weight excluding hydrogens is 228 g/mol. The first-order valence-corrected chi connectivity index (χ1v) is 6.94. The largest absolute Gasteiger partial charge is 0.396 e. The van der Waals surface area contributed by atoms with Crippen LogP contribution < -0.4 is 5.73 Å². The van der Waals surface area contributed by atoms with Gasteiger partial charge in [-0.2, -0.15) is 5.10 Å². The van der Waals surface area contributed by atoms with Gasteiger partial charge < -0.3 is 15.4 Å². The zero-order valence-corrected chi connectivity index (χ0v) is 10.8. The zero-order chi connectivity index (χ0) is 12.4. The highest BCUT2D eigenvalue weighted by atomic mass is 16.5. The smallest absolute Gasteiger partial charge is 0.0719 e. The van der Waals surface area contributed by atoms with Gasteiger partial charge in [0.15, 0.2) is 0 Å². The predicted molar refractivity (Wildman–Crippen MR) is 70.3 cm³/mol. The maximum absolute atomic E-state index is 5.72. The first-order valence-electron chi connectivity index (χ1n) is 6.94. The molecule has 0 atom stereocenters. The number of likely N-dealkylation sites (tertiary alicyclic amines) is 1. The number of aromatic nitrogens is 2. The van der Waals surface area contributed by atoms with E-state index in [2.05, 4.69) is 10.00 Å². The van der Waals surface area contributed by atoms with E-state index < -0.39 is 0 Å². The second kappa shape index (κ2) is 5.28. The summed E-state index contributed by atoms with van der Waals surface area (Å²) in [7, 11) is 0. The number of nitrogens with two attached hydrogens (primary N) is 1. The lowest BCUT2D eigenvalue weighted by molar-refractivity contribution is 0.0212. The highest BCUT2D eigenvalue weighted by molar-refractivity contribution is 5.30. The molecule has 0 saturated carbocycles. The first-order chi connectivity index (χ1) is 8.83. The molecule has 5 nitrogen and oxygen atoms in total. The molecule has 2 fully saturated rings. The van der Waals surface area contributed by atoms with Crippen LogP contribution in [0.25, 0.3) is 0 Å². The Bertz CT molecular complexity index is 378. The Hall–Kier alpha value is -1.07. The van der Waals surface area contributed by atoms with Gasteiger partial charge in [-0.3, -0.25) is 4.68 Å². The van der Waals surface area contributed by atoms with Crippen molar-refractivity contribution in [3.8, 4) is 0 Å². The number of nitrogens with zero attached hydrogens (tertiary/aromatic N) is 3. The quantitative estimate of drug-likeness (QED) is 0.859. The van der Waals surface area contributed by atoms with Crippen molar-refractivity contribution in [1.29, 1.82) is 0 Å². The van der Waals surface area contributed by atoms with Crippen molar-refractivity contribution in [3.05, 3.63) is 12.4 Å². The fraction of sp³-hybridized carbons (Fsp3) is 0.769. The Morgan fingerprint density at radius 2 is 1.83 bits per heavy atom. The second-order valence-corrected chi connectivity index (χ2v) is 5.36. The number of nitrogen functional groups attached to an aromatic ring is 1. The molecule has 1 aromatic rings. The standard InChI is InChI=1S/C13H22N4O/c14-11-9-15-17(10-11)13-1-5-16(6-2-13)12-3-7-18-8-4-12/h9-10,12-13H,1-8,14H2. The van der Waals surface area contributed by atoms with Crippen LogP contribution in [0.3, 0.4) is 0 Å². The second-order valence-electron chi connectivity index (χ2n) is 5.36. The van der Waals surface area contributed by atoms with Crippen LogP contribution in [0, 0.1) is 0 Å². The van der Waals surface area contributed by atoms with Crippen molar-refractivity contribution in [1.82, 2.24) is 14.7 Å². The van der Waals surface area contributed by atoms with Crippen molar-refractivity contribution in [2.45, 2.75) is 37.8 Å². The van der Waals surface area contributed by atoms with Crippen molar-refractivity contribution >= 4 is 5.69 Å². The first kappa shape index (κ1) is 12.0. The maximum Gasteiger partial charge on any atom is 0.0719 e. The number of hydrogen-bond donors (Lipinski definition) is 1. The summed E-state index contributed by atoms with van der Waals surface area (Å²) < 4.78 is 7.47. The number of piperidine rings is 1. The van der Waals surface area contributed by atoms with E-state index in [1.165, 1.54) is 38.8 Å². The van der Waals surface area contributed by atoms with Crippen LogP contribution in [0.4, 0.5) is 5.69 Å². The van der Waals surface area contributed by atoms with E-state index in [0.717, 1.165) is 24.9 Å². The fourth-order valence-electron chi connectivity index (χ4n) is 3.12. The molecule has 1 aromatic heterocycles. The summed E-state index contributed by atoms with van der Waals surface area (Å²) in [5.41, 5.74) is 6.49. The fourth-order valence-corrected chi connectivity index (χ4v) is 3.12. The minimum Gasteiger partial charge on any atom is -0.396 e. The predicted octanol–water partition coefficient (Wildman–Crippen LogP) is 1.28. The van der Waals surface area contributed by atoms with Gasteiger partial charge in [0.2, 0.25) is 0 Å². The Kier molecular flexibility index (Phi) is 3.52. The molecule has 0 bridgehead atoms. The molecule has 2 N–H and O–H groups in total. The third-order valence-electron chi connectivity index (χ3n) is 4.20. The number of hydrogen-bond acceptors (Lipinski definition) is 4. The average molecular weight is 250 g/mol. The molecule has 0 spiro atoms. The number of rotatable bonds is 2. The van der Waals surface area contributed by atoms with Crippen LogP contribution in [0.1, 0.15) is 31.7 Å². The zero-order valence-electron chi connectivity index (χ0n) is 10.8. The van der Waals surface area contributed by atoms with Crippen LogP contribution in [-0.2, 0) is 4.74 Å². The lowest BCUT2D eigenvalue weighted by Gasteiger charge is -2.39. The van der Waals surface area contributed by atoms with E-state index in [4.69, 9.17) is 10.5 Å². The molecule has 2 aliphatic heterocycles. The molecule has 0 amide bonds. The summed E-state index contributed by atoms with van der Waals surface area (Å²) >= 11 is 0. The van der Waals surface area contributed by atoms with Gasteiger partial charge in [0.05, 0.1) is 17.9 Å². The van der Waals surface area contributed by atoms with E-state index in [1.807, 2.05) is 10.9 Å². The van der Waals surface area contributed by atoms with E-state index in [1.54, 1.807) is 6.20 Å². The van der Waals surface area contributed by atoms with Crippen LogP contribution in [0.15, 0.2) is 12.4 Å². The summed E-state index contributed by atoms with van der Waals surface area (Å²) in [5, 5.41) is 4.33. The van der Waals surface area contributed by atoms with E-state index >= 15 is 0 Å². The van der Waals surface area contributed by atoms with Crippen LogP contribution in [-0.4, -0.2) is 47.0 Å². The molecule has 3 rings (SSSR count). The normalized spacial score (nSPS) is 24.4. The van der Waals surface area contributed by atoms with Crippen LogP contribution in [0.2, 0.25) is 0 Å². The molecule has 0 aliphatic carbocycles. The monoisotopic (exact) mass is 250 g/mol. The Morgan fingerprint density at radius 1 is 1.11 bits per heavy atom. The Labute approximate surface area is 108 Å². The van der Waals surface area contributed by atoms with Gasteiger partial charge in [-0.15, -0.1) is 0 Å². The minimum atomic E-state index is 0.526. The lowest BCUT2D eigenvalue weighted by Crippen LogP contribution is -2.44. The molecule has 5 heteroatoms. The topological polar surface area (TPSA) is 56.3 Å². The Balaban J connectivity index is 1.54. The molecule has 0 unspecified atom stereocenters. The molecule has 3 heterocycles. The van der Waals surface area contributed by atoms with Gasteiger partial charge in [0, 0.05) is 38.5 Å². The minimum absolute atomic E-state index is 0.526. The van der Waals surface area contributed by atoms with E-state index in [-0.39, 0.29) is 0 Å². The number of ether oxygens (including phenoxy) is 1. The summed E-state index contributed by atoms with van der Waals surface area (Å²) in [4.78, 5) is 2.63. The SMILES string of the molecule is Nc1cnn(C2CCN(C3CCOCC3)CC2)c1. The van der Waals surface area contributed by atoms with Gasteiger partial charge in [-0.1, -0.05) is 0 Å². The molecule has 100 valence electrons. The van der Waals surface area contributed by atoms with Crippen LogP contribution >= 0.6 is 0 Å². The highest BCUT2D eigenvalue weighted by Crippen LogP contribution is 2.26. The van der Waals surface area contributed by atoms with Gasteiger partial charge in [0.1, 0.15) is 0 Å². The van der Waals surface area contributed by atoms with E-state index in [0.29, 0.717) is 6.04 Å². The molecule has 2 aliphatic rings. The van der Waals surface area contributed by atoms with Gasteiger partial charge in [0.25, 0.3) is 0 Å². The van der Waals surface area contributed by atoms with Crippen molar-refractivity contribution in [2.24, 2.45) is 0 Å². The molecule has 18 heavy (non-hydrogen) atoms. The van der Waals surface area contributed by atoms with Crippen molar-refractivity contribution in [3.63, 3.8) is 0 Å². The maximum atomic E-state index is 5.72. The number of anilines is 1. The van der Waals surface area contributed by atoms with Crippen LogP contribution in [0.5, 0.6) is 0 Å². The van der Waals surface area contributed by atoms with Crippen molar-refractivity contribution < 1.29 is 4.74 Å². The van der Waals surface area contributed by atoms with Gasteiger partial charge >= 0.3 is 0 Å². The molecule has 2 saturated heterocycles. The third kappa shape index (κ3) is 2.52.